The first kappa shape index (κ1) is 15.7. The molecule has 2 heterocycles. The molecule has 19 heavy (non-hydrogen) atoms. The van der Waals surface area contributed by atoms with E-state index in [1.807, 2.05) is 0 Å². The van der Waals surface area contributed by atoms with Crippen LogP contribution in [0.4, 0.5) is 0 Å². The summed E-state index contributed by atoms with van der Waals surface area (Å²) in [4.78, 5) is 5.29. The molecule has 0 bridgehead atoms. The molecule has 2 aliphatic heterocycles. The lowest BCUT2D eigenvalue weighted by Crippen LogP contribution is -2.51. The van der Waals surface area contributed by atoms with Crippen molar-refractivity contribution in [1.29, 1.82) is 0 Å². The molecule has 2 fully saturated rings. The van der Waals surface area contributed by atoms with E-state index in [4.69, 9.17) is 4.74 Å². The largest absolute Gasteiger partial charge is 0.381 e. The van der Waals surface area contributed by atoms with E-state index in [9.17, 15) is 0 Å². The molecule has 0 saturated carbocycles. The molecule has 4 heteroatoms. The zero-order chi connectivity index (χ0) is 13.7. The van der Waals surface area contributed by atoms with E-state index >= 15 is 0 Å². The van der Waals surface area contributed by atoms with Crippen LogP contribution in [0.25, 0.3) is 0 Å². The molecule has 0 aromatic carbocycles. The van der Waals surface area contributed by atoms with Gasteiger partial charge >= 0.3 is 0 Å². The first-order valence-electron chi connectivity index (χ1n) is 7.72. The summed E-state index contributed by atoms with van der Waals surface area (Å²) in [6.07, 6.45) is 2.43. The highest BCUT2D eigenvalue weighted by Crippen LogP contribution is 2.33. The SMILES string of the molecule is CC(C)CN1CCN(CC2(CBr)CCOCC2)CC1. The summed E-state index contributed by atoms with van der Waals surface area (Å²) in [5.74, 6) is 0.788. The molecule has 3 nitrogen and oxygen atoms in total. The smallest absolute Gasteiger partial charge is 0.0472 e. The van der Waals surface area contributed by atoms with Gasteiger partial charge in [0.05, 0.1) is 0 Å². The van der Waals surface area contributed by atoms with Crippen molar-refractivity contribution in [3.63, 3.8) is 0 Å². The molecule has 0 N–H and O–H groups in total. The first-order valence-corrected chi connectivity index (χ1v) is 8.84. The molecule has 0 spiro atoms. The summed E-state index contributed by atoms with van der Waals surface area (Å²) >= 11 is 3.75. The minimum absolute atomic E-state index is 0.457. The topological polar surface area (TPSA) is 15.7 Å². The number of hydrogen-bond donors (Lipinski definition) is 0. The van der Waals surface area contributed by atoms with Crippen LogP contribution in [0.15, 0.2) is 0 Å². The lowest BCUT2D eigenvalue weighted by atomic mass is 9.81. The predicted molar refractivity (Wildman–Crippen MR) is 84.0 cm³/mol. The van der Waals surface area contributed by atoms with E-state index in [2.05, 4.69) is 39.6 Å². The van der Waals surface area contributed by atoms with E-state index in [-0.39, 0.29) is 0 Å². The van der Waals surface area contributed by atoms with Gasteiger partial charge in [-0.05, 0) is 24.2 Å². The van der Waals surface area contributed by atoms with E-state index in [1.165, 1.54) is 52.1 Å². The second kappa shape index (κ2) is 7.39. The molecule has 112 valence electrons. The second-order valence-corrected chi connectivity index (χ2v) is 7.28. The second-order valence-electron chi connectivity index (χ2n) is 6.72. The molecular weight excluding hydrogens is 304 g/mol. The van der Waals surface area contributed by atoms with Crippen LogP contribution in [-0.4, -0.2) is 67.6 Å². The standard InChI is InChI=1S/C15H29BrN2O/c1-14(2)11-17-5-7-18(8-6-17)13-15(12-16)3-9-19-10-4-15/h14H,3-13H2,1-2H3. The third kappa shape index (κ3) is 4.69. The maximum atomic E-state index is 5.53. The summed E-state index contributed by atoms with van der Waals surface area (Å²) in [5, 5.41) is 1.12. The maximum absolute atomic E-state index is 5.53. The van der Waals surface area contributed by atoms with Gasteiger partial charge in [0, 0.05) is 57.8 Å². The minimum Gasteiger partial charge on any atom is -0.381 e. The number of alkyl halides is 1. The van der Waals surface area contributed by atoms with Gasteiger partial charge in [-0.2, -0.15) is 0 Å². The molecule has 0 aromatic heterocycles. The molecule has 0 atom stereocenters. The van der Waals surface area contributed by atoms with Crippen LogP contribution in [0.3, 0.4) is 0 Å². The Bertz CT molecular complexity index is 259. The van der Waals surface area contributed by atoms with Crippen LogP contribution >= 0.6 is 15.9 Å². The fourth-order valence-electron chi connectivity index (χ4n) is 3.26. The van der Waals surface area contributed by atoms with Crippen molar-refractivity contribution >= 4 is 15.9 Å². The zero-order valence-electron chi connectivity index (χ0n) is 12.5. The van der Waals surface area contributed by atoms with Crippen LogP contribution in [0.5, 0.6) is 0 Å². The summed E-state index contributed by atoms with van der Waals surface area (Å²) in [5.41, 5.74) is 0.457. The Morgan fingerprint density at radius 1 is 1.05 bits per heavy atom. The molecule has 2 saturated heterocycles. The Kier molecular flexibility index (Phi) is 6.12. The Balaban J connectivity index is 1.77. The van der Waals surface area contributed by atoms with E-state index in [0.29, 0.717) is 5.41 Å². The zero-order valence-corrected chi connectivity index (χ0v) is 14.1. The maximum Gasteiger partial charge on any atom is 0.0472 e. The Morgan fingerprint density at radius 3 is 2.16 bits per heavy atom. The van der Waals surface area contributed by atoms with Gasteiger partial charge in [0.15, 0.2) is 0 Å². The molecule has 2 aliphatic rings. The lowest BCUT2D eigenvalue weighted by Gasteiger charge is -2.43. The lowest BCUT2D eigenvalue weighted by molar-refractivity contribution is -0.00111. The predicted octanol–water partition coefficient (Wildman–Crippen LogP) is 2.45. The summed E-state index contributed by atoms with van der Waals surface area (Å²) < 4.78 is 5.53. The number of rotatable bonds is 5. The fourth-order valence-corrected chi connectivity index (χ4v) is 4.00. The van der Waals surface area contributed by atoms with Crippen LogP contribution < -0.4 is 0 Å². The highest BCUT2D eigenvalue weighted by molar-refractivity contribution is 9.09. The molecule has 0 radical (unpaired) electrons. The highest BCUT2D eigenvalue weighted by Gasteiger charge is 2.34. The summed E-state index contributed by atoms with van der Waals surface area (Å²) in [6.45, 7) is 14.0. The molecular formula is C15H29BrN2O. The Morgan fingerprint density at radius 2 is 1.63 bits per heavy atom. The van der Waals surface area contributed by atoms with Crippen molar-refractivity contribution in [2.24, 2.45) is 11.3 Å². The van der Waals surface area contributed by atoms with Crippen molar-refractivity contribution < 1.29 is 4.74 Å². The molecule has 0 amide bonds. The van der Waals surface area contributed by atoms with Gasteiger partial charge < -0.3 is 14.5 Å². The van der Waals surface area contributed by atoms with E-state index in [0.717, 1.165) is 24.5 Å². The first-order chi connectivity index (χ1) is 9.13. The van der Waals surface area contributed by atoms with Crippen molar-refractivity contribution in [3.8, 4) is 0 Å². The Labute approximate surface area is 126 Å². The van der Waals surface area contributed by atoms with E-state index in [1.54, 1.807) is 0 Å². The van der Waals surface area contributed by atoms with Gasteiger partial charge in [-0.15, -0.1) is 0 Å². The fraction of sp³-hybridized carbons (Fsp3) is 1.00. The van der Waals surface area contributed by atoms with Gasteiger partial charge in [0.1, 0.15) is 0 Å². The molecule has 0 aromatic rings. The number of nitrogens with zero attached hydrogens (tertiary/aromatic N) is 2. The average molecular weight is 333 g/mol. The molecule has 0 aliphatic carbocycles. The number of hydrogen-bond acceptors (Lipinski definition) is 3. The van der Waals surface area contributed by atoms with Crippen molar-refractivity contribution in [1.82, 2.24) is 9.80 Å². The van der Waals surface area contributed by atoms with Gasteiger partial charge in [-0.25, -0.2) is 0 Å². The van der Waals surface area contributed by atoms with Gasteiger partial charge in [0.2, 0.25) is 0 Å². The van der Waals surface area contributed by atoms with Crippen molar-refractivity contribution in [2.75, 3.05) is 57.8 Å². The van der Waals surface area contributed by atoms with E-state index < -0.39 is 0 Å². The normalized spacial score (nSPS) is 25.9. The molecule has 2 rings (SSSR count). The van der Waals surface area contributed by atoms with Gasteiger partial charge in [-0.1, -0.05) is 29.8 Å². The van der Waals surface area contributed by atoms with Gasteiger partial charge in [-0.3, -0.25) is 0 Å². The highest BCUT2D eigenvalue weighted by atomic mass is 79.9. The minimum atomic E-state index is 0.457. The number of halogens is 1. The third-order valence-corrected chi connectivity index (χ3v) is 5.67. The average Bonchev–Trinajstić information content (AvgIpc) is 2.41. The number of piperazine rings is 1. The quantitative estimate of drug-likeness (QED) is 0.719. The van der Waals surface area contributed by atoms with Crippen LogP contribution in [-0.2, 0) is 4.74 Å². The Hall–Kier alpha value is 0.360. The van der Waals surface area contributed by atoms with Crippen LogP contribution in [0, 0.1) is 11.3 Å². The van der Waals surface area contributed by atoms with Gasteiger partial charge in [0.25, 0.3) is 0 Å². The third-order valence-electron chi connectivity index (χ3n) is 4.48. The summed E-state index contributed by atoms with van der Waals surface area (Å²) in [7, 11) is 0. The molecule has 0 unspecified atom stereocenters. The van der Waals surface area contributed by atoms with Crippen molar-refractivity contribution in [2.45, 2.75) is 26.7 Å². The number of ether oxygens (including phenoxy) is 1. The summed E-state index contributed by atoms with van der Waals surface area (Å²) in [6, 6.07) is 0. The van der Waals surface area contributed by atoms with Crippen LogP contribution in [0.1, 0.15) is 26.7 Å². The monoisotopic (exact) mass is 332 g/mol. The van der Waals surface area contributed by atoms with Crippen molar-refractivity contribution in [3.05, 3.63) is 0 Å². The van der Waals surface area contributed by atoms with Crippen LogP contribution in [0.2, 0.25) is 0 Å².